The van der Waals surface area contributed by atoms with Gasteiger partial charge in [0.05, 0.1) is 12.7 Å². The van der Waals surface area contributed by atoms with Crippen molar-refractivity contribution in [1.82, 2.24) is 19.4 Å². The number of imidazole rings is 1. The molecule has 0 radical (unpaired) electrons. The Hall–Kier alpha value is -3.36. The Morgan fingerprint density at radius 3 is 2.66 bits per heavy atom. The van der Waals surface area contributed by atoms with Crippen LogP contribution in [0, 0.1) is 4.91 Å². The topological polar surface area (TPSA) is 89.7 Å². The predicted molar refractivity (Wildman–Crippen MR) is 105 cm³/mol. The van der Waals surface area contributed by atoms with Gasteiger partial charge in [-0.3, -0.25) is 9.36 Å². The standard InChI is InChI=1S/C20H20FN5O3/c1-29-16-4-2-15(3-5-16)26-18(12-23-28)24-17-10-13(11-22-19(17)26)20(27)25-8-6-14(21)7-9-25/h2-5,10-11,14H,6-9,12H2,1H3. The number of likely N-dealkylation sites (tertiary alicyclic amines) is 1. The van der Waals surface area contributed by atoms with E-state index < -0.39 is 6.17 Å². The quantitative estimate of drug-likeness (QED) is 0.617. The highest BCUT2D eigenvalue weighted by Crippen LogP contribution is 2.24. The number of methoxy groups -OCH3 is 1. The van der Waals surface area contributed by atoms with E-state index in [1.54, 1.807) is 34.8 Å². The van der Waals surface area contributed by atoms with Crippen LogP contribution in [0.25, 0.3) is 16.9 Å². The summed E-state index contributed by atoms with van der Waals surface area (Å²) < 4.78 is 20.3. The summed E-state index contributed by atoms with van der Waals surface area (Å²) in [7, 11) is 1.58. The minimum absolute atomic E-state index is 0.129. The van der Waals surface area contributed by atoms with Crippen LogP contribution in [-0.2, 0) is 6.54 Å². The number of carbonyl (C=O) groups is 1. The molecule has 1 aliphatic rings. The molecule has 0 unspecified atom stereocenters. The van der Waals surface area contributed by atoms with Crippen LogP contribution in [-0.4, -0.2) is 51.7 Å². The van der Waals surface area contributed by atoms with E-state index in [-0.39, 0.29) is 12.5 Å². The zero-order valence-corrected chi connectivity index (χ0v) is 15.9. The van der Waals surface area contributed by atoms with Gasteiger partial charge >= 0.3 is 0 Å². The number of hydrogen-bond donors (Lipinski definition) is 0. The highest BCUT2D eigenvalue weighted by molar-refractivity contribution is 5.96. The van der Waals surface area contributed by atoms with Crippen LogP contribution in [0.15, 0.2) is 41.7 Å². The molecule has 8 nitrogen and oxygen atoms in total. The zero-order valence-electron chi connectivity index (χ0n) is 15.9. The maximum absolute atomic E-state index is 13.4. The number of nitroso groups, excluding NO2 is 1. The molecule has 1 aromatic carbocycles. The molecular formula is C20H20FN5O3. The zero-order chi connectivity index (χ0) is 20.4. The number of ether oxygens (including phenoxy) is 1. The molecule has 3 aromatic rings. The molecule has 1 fully saturated rings. The third-order valence-corrected chi connectivity index (χ3v) is 5.06. The number of fused-ring (bicyclic) bond motifs is 1. The van der Waals surface area contributed by atoms with Crippen LogP contribution in [0.4, 0.5) is 4.39 Å². The minimum atomic E-state index is -0.849. The van der Waals surface area contributed by atoms with Crippen LogP contribution in [0.3, 0.4) is 0 Å². The van der Waals surface area contributed by atoms with E-state index in [4.69, 9.17) is 4.74 Å². The largest absolute Gasteiger partial charge is 0.497 e. The summed E-state index contributed by atoms with van der Waals surface area (Å²) in [6.45, 7) is 0.646. The van der Waals surface area contributed by atoms with Gasteiger partial charge in [-0.05, 0) is 43.2 Å². The molecule has 150 valence electrons. The number of pyridine rings is 1. The Labute approximate surface area is 166 Å². The van der Waals surface area contributed by atoms with Gasteiger partial charge in [-0.25, -0.2) is 14.4 Å². The van der Waals surface area contributed by atoms with Crippen LogP contribution in [0.5, 0.6) is 5.75 Å². The maximum Gasteiger partial charge on any atom is 0.255 e. The minimum Gasteiger partial charge on any atom is -0.497 e. The van der Waals surface area contributed by atoms with Gasteiger partial charge in [-0.15, -0.1) is 0 Å². The smallest absolute Gasteiger partial charge is 0.255 e. The van der Waals surface area contributed by atoms with E-state index in [0.29, 0.717) is 54.2 Å². The van der Waals surface area contributed by atoms with Crippen molar-refractivity contribution < 1.29 is 13.9 Å². The fourth-order valence-corrected chi connectivity index (χ4v) is 3.53. The van der Waals surface area contributed by atoms with Crippen molar-refractivity contribution in [2.24, 2.45) is 5.18 Å². The lowest BCUT2D eigenvalue weighted by atomic mass is 10.1. The Morgan fingerprint density at radius 2 is 2.00 bits per heavy atom. The van der Waals surface area contributed by atoms with Crippen molar-refractivity contribution in [3.63, 3.8) is 0 Å². The molecule has 2 aromatic heterocycles. The van der Waals surface area contributed by atoms with Crippen molar-refractivity contribution in [2.45, 2.75) is 25.6 Å². The number of aromatic nitrogens is 3. The van der Waals surface area contributed by atoms with E-state index >= 15 is 0 Å². The number of carbonyl (C=O) groups excluding carboxylic acids is 1. The van der Waals surface area contributed by atoms with Crippen molar-refractivity contribution in [2.75, 3.05) is 20.2 Å². The summed E-state index contributed by atoms with van der Waals surface area (Å²) in [4.78, 5) is 34.2. The summed E-state index contributed by atoms with van der Waals surface area (Å²) >= 11 is 0. The average molecular weight is 397 g/mol. The molecule has 0 bridgehead atoms. The molecule has 0 aliphatic carbocycles. The number of alkyl halides is 1. The molecule has 0 spiro atoms. The van der Waals surface area contributed by atoms with Crippen molar-refractivity contribution in [3.05, 3.63) is 52.8 Å². The summed E-state index contributed by atoms with van der Waals surface area (Å²) in [5, 5.41) is 2.96. The van der Waals surface area contributed by atoms with E-state index in [9.17, 15) is 14.1 Å². The number of benzene rings is 1. The molecule has 0 atom stereocenters. The number of nitrogens with zero attached hydrogens (tertiary/aromatic N) is 5. The molecule has 1 amide bonds. The lowest BCUT2D eigenvalue weighted by Gasteiger charge is -2.28. The second-order valence-corrected chi connectivity index (χ2v) is 6.88. The first-order valence-corrected chi connectivity index (χ1v) is 9.35. The molecule has 1 aliphatic heterocycles. The number of piperidine rings is 1. The molecule has 0 saturated carbocycles. The molecule has 3 heterocycles. The Kier molecular flexibility index (Phi) is 5.20. The third-order valence-electron chi connectivity index (χ3n) is 5.06. The molecule has 0 N–H and O–H groups in total. The summed E-state index contributed by atoms with van der Waals surface area (Å²) in [5.74, 6) is 0.932. The Balaban J connectivity index is 1.72. The number of hydrogen-bond acceptors (Lipinski definition) is 6. The van der Waals surface area contributed by atoms with Crippen LogP contribution in [0.2, 0.25) is 0 Å². The summed E-state index contributed by atoms with van der Waals surface area (Å²) in [5.41, 5.74) is 2.15. The Morgan fingerprint density at radius 1 is 1.28 bits per heavy atom. The van der Waals surface area contributed by atoms with Gasteiger partial charge in [0.1, 0.15) is 29.8 Å². The monoisotopic (exact) mass is 397 g/mol. The molecule has 4 rings (SSSR count). The van der Waals surface area contributed by atoms with Gasteiger partial charge < -0.3 is 9.64 Å². The van der Waals surface area contributed by atoms with Crippen molar-refractivity contribution in [3.8, 4) is 11.4 Å². The third kappa shape index (κ3) is 3.67. The summed E-state index contributed by atoms with van der Waals surface area (Å²) in [6.07, 6.45) is 1.34. The first kappa shape index (κ1) is 19.0. The molecule has 9 heteroatoms. The van der Waals surface area contributed by atoms with E-state index in [1.165, 1.54) is 6.20 Å². The molecule has 1 saturated heterocycles. The second kappa shape index (κ2) is 7.94. The number of halogens is 1. The van der Waals surface area contributed by atoms with Gasteiger partial charge in [0.15, 0.2) is 5.65 Å². The molecule has 29 heavy (non-hydrogen) atoms. The number of amides is 1. The van der Waals surface area contributed by atoms with Gasteiger partial charge in [-0.2, -0.15) is 4.91 Å². The van der Waals surface area contributed by atoms with Gasteiger partial charge in [-0.1, -0.05) is 5.18 Å². The lowest BCUT2D eigenvalue weighted by molar-refractivity contribution is 0.0666. The Bertz CT molecular complexity index is 1040. The number of rotatable bonds is 5. The highest BCUT2D eigenvalue weighted by Gasteiger charge is 2.24. The van der Waals surface area contributed by atoms with Crippen LogP contribution in [0.1, 0.15) is 29.0 Å². The van der Waals surface area contributed by atoms with E-state index in [1.807, 2.05) is 12.1 Å². The van der Waals surface area contributed by atoms with Gasteiger partial charge in [0.2, 0.25) is 0 Å². The fraction of sp³-hybridized carbons (Fsp3) is 0.350. The normalized spacial score (nSPS) is 14.9. The van der Waals surface area contributed by atoms with Gasteiger partial charge in [0, 0.05) is 25.0 Å². The van der Waals surface area contributed by atoms with Crippen molar-refractivity contribution >= 4 is 17.1 Å². The SMILES string of the molecule is COc1ccc(-n2c(CN=O)nc3cc(C(=O)N4CCC(F)CC4)cnc32)cc1. The molecular weight excluding hydrogens is 377 g/mol. The van der Waals surface area contributed by atoms with E-state index in [0.717, 1.165) is 5.69 Å². The first-order valence-electron chi connectivity index (χ1n) is 9.35. The van der Waals surface area contributed by atoms with Crippen LogP contribution >= 0.6 is 0 Å². The summed E-state index contributed by atoms with van der Waals surface area (Å²) in [6, 6.07) is 8.91. The van der Waals surface area contributed by atoms with Gasteiger partial charge in [0.25, 0.3) is 5.91 Å². The average Bonchev–Trinajstić information content (AvgIpc) is 3.11. The highest BCUT2D eigenvalue weighted by atomic mass is 19.1. The second-order valence-electron chi connectivity index (χ2n) is 6.88. The van der Waals surface area contributed by atoms with Crippen LogP contribution < -0.4 is 4.74 Å². The van der Waals surface area contributed by atoms with E-state index in [2.05, 4.69) is 15.1 Å². The predicted octanol–water partition coefficient (Wildman–Crippen LogP) is 3.27. The maximum atomic E-state index is 13.4. The van der Waals surface area contributed by atoms with Crippen molar-refractivity contribution in [1.29, 1.82) is 0 Å². The fourth-order valence-electron chi connectivity index (χ4n) is 3.53. The lowest BCUT2D eigenvalue weighted by Crippen LogP contribution is -2.39. The first-order chi connectivity index (χ1) is 14.1.